The molecule has 0 aliphatic heterocycles. The summed E-state index contributed by atoms with van der Waals surface area (Å²) in [7, 11) is 0. The minimum atomic E-state index is -0.486. The number of carbonyl (C=O) groups is 2. The standard InChI is InChI=1S/C21H23N3O3S/c1-10-4-5-13-16(8-10)28-21(18(13)20(22)26)23-17(25)9-15-14-7-11(2)6-12(3)19(14)27-24-15/h6-7,10H,4-5,8-9H2,1-3H3,(H2,22,26)(H,23,25). The summed E-state index contributed by atoms with van der Waals surface area (Å²) < 4.78 is 5.42. The van der Waals surface area contributed by atoms with Gasteiger partial charge in [-0.25, -0.2) is 0 Å². The SMILES string of the molecule is Cc1cc(C)c2onc(CC(=O)Nc3sc4c(c3C(N)=O)CCC(C)C4)c2c1. The van der Waals surface area contributed by atoms with E-state index < -0.39 is 5.91 Å². The van der Waals surface area contributed by atoms with Gasteiger partial charge in [0, 0.05) is 10.3 Å². The molecule has 2 aromatic heterocycles. The first kappa shape index (κ1) is 18.7. The molecule has 146 valence electrons. The number of hydrogen-bond acceptors (Lipinski definition) is 5. The number of aromatic nitrogens is 1. The average molecular weight is 398 g/mol. The van der Waals surface area contributed by atoms with Gasteiger partial charge in [0.15, 0.2) is 5.58 Å². The van der Waals surface area contributed by atoms with Crippen LogP contribution in [0.1, 0.15) is 51.0 Å². The topological polar surface area (TPSA) is 98.2 Å². The van der Waals surface area contributed by atoms with Crippen LogP contribution in [0.2, 0.25) is 0 Å². The maximum absolute atomic E-state index is 12.7. The van der Waals surface area contributed by atoms with Crippen LogP contribution in [-0.2, 0) is 24.1 Å². The summed E-state index contributed by atoms with van der Waals surface area (Å²) >= 11 is 1.47. The number of primary amides is 1. The second kappa shape index (κ2) is 7.05. The Hall–Kier alpha value is -2.67. The summed E-state index contributed by atoms with van der Waals surface area (Å²) in [4.78, 5) is 25.9. The fourth-order valence-corrected chi connectivity index (χ4v) is 5.42. The molecule has 1 atom stereocenters. The zero-order chi connectivity index (χ0) is 20.0. The number of anilines is 1. The van der Waals surface area contributed by atoms with Gasteiger partial charge >= 0.3 is 0 Å². The van der Waals surface area contributed by atoms with Crippen LogP contribution >= 0.6 is 11.3 Å². The second-order valence-corrected chi connectivity index (χ2v) is 8.84. The number of nitrogens with two attached hydrogens (primary N) is 1. The zero-order valence-corrected chi connectivity index (χ0v) is 17.0. The van der Waals surface area contributed by atoms with Crippen LogP contribution in [0.25, 0.3) is 11.0 Å². The van der Waals surface area contributed by atoms with E-state index in [4.69, 9.17) is 10.3 Å². The minimum absolute atomic E-state index is 0.0765. The molecule has 1 aliphatic rings. The van der Waals surface area contributed by atoms with Gasteiger partial charge in [0.25, 0.3) is 5.91 Å². The van der Waals surface area contributed by atoms with E-state index in [2.05, 4.69) is 17.4 Å². The molecule has 6 nitrogen and oxygen atoms in total. The summed E-state index contributed by atoms with van der Waals surface area (Å²) in [5, 5.41) is 8.38. The zero-order valence-electron chi connectivity index (χ0n) is 16.2. The monoisotopic (exact) mass is 397 g/mol. The van der Waals surface area contributed by atoms with E-state index in [9.17, 15) is 9.59 Å². The Morgan fingerprint density at radius 3 is 2.89 bits per heavy atom. The Bertz CT molecular complexity index is 1100. The Morgan fingerprint density at radius 2 is 2.14 bits per heavy atom. The van der Waals surface area contributed by atoms with Gasteiger partial charge in [-0.15, -0.1) is 11.3 Å². The number of nitrogens with one attached hydrogen (secondary N) is 1. The quantitative estimate of drug-likeness (QED) is 0.697. The lowest BCUT2D eigenvalue weighted by molar-refractivity contribution is -0.115. The van der Waals surface area contributed by atoms with Gasteiger partial charge in [0.2, 0.25) is 5.91 Å². The maximum Gasteiger partial charge on any atom is 0.251 e. The van der Waals surface area contributed by atoms with Crippen molar-refractivity contribution >= 4 is 39.1 Å². The van der Waals surface area contributed by atoms with Crippen LogP contribution < -0.4 is 11.1 Å². The Balaban J connectivity index is 1.61. The normalized spacial score (nSPS) is 16.2. The molecular weight excluding hydrogens is 374 g/mol. The van der Waals surface area contributed by atoms with Gasteiger partial charge in [-0.3, -0.25) is 9.59 Å². The van der Waals surface area contributed by atoms with Crippen molar-refractivity contribution in [3.63, 3.8) is 0 Å². The van der Waals surface area contributed by atoms with Gasteiger partial charge in [-0.2, -0.15) is 0 Å². The summed E-state index contributed by atoms with van der Waals surface area (Å²) in [5.41, 5.74) is 10.5. The molecule has 0 spiro atoms. The molecule has 1 aromatic carbocycles. The lowest BCUT2D eigenvalue weighted by atomic mass is 9.88. The van der Waals surface area contributed by atoms with E-state index in [0.29, 0.717) is 27.8 Å². The van der Waals surface area contributed by atoms with E-state index in [0.717, 1.165) is 46.2 Å². The molecule has 4 rings (SSSR count). The number of hydrogen-bond donors (Lipinski definition) is 2. The van der Waals surface area contributed by atoms with Gasteiger partial charge in [0.1, 0.15) is 10.7 Å². The van der Waals surface area contributed by atoms with Crippen molar-refractivity contribution in [2.24, 2.45) is 11.7 Å². The Labute approximate surface area is 167 Å². The first-order chi connectivity index (χ1) is 13.3. The van der Waals surface area contributed by atoms with E-state index >= 15 is 0 Å². The highest BCUT2D eigenvalue weighted by Gasteiger charge is 2.27. The molecule has 0 radical (unpaired) electrons. The molecule has 0 bridgehead atoms. The molecule has 2 amide bonds. The van der Waals surface area contributed by atoms with Crippen molar-refractivity contribution in [1.82, 2.24) is 5.16 Å². The van der Waals surface area contributed by atoms with Crippen molar-refractivity contribution in [2.45, 2.75) is 46.5 Å². The summed E-state index contributed by atoms with van der Waals surface area (Å²) in [6, 6.07) is 4.00. The largest absolute Gasteiger partial charge is 0.365 e. The maximum atomic E-state index is 12.7. The second-order valence-electron chi connectivity index (χ2n) is 7.73. The molecule has 7 heteroatoms. The number of carbonyl (C=O) groups excluding carboxylic acids is 2. The number of nitrogens with zero attached hydrogens (tertiary/aromatic N) is 1. The molecular formula is C21H23N3O3S. The van der Waals surface area contributed by atoms with Crippen LogP contribution in [0.15, 0.2) is 16.7 Å². The molecule has 2 heterocycles. The summed E-state index contributed by atoms with van der Waals surface area (Å²) in [6.07, 6.45) is 2.85. The third kappa shape index (κ3) is 3.30. The number of amides is 2. The van der Waals surface area contributed by atoms with Crippen molar-refractivity contribution in [3.05, 3.63) is 45.0 Å². The lowest BCUT2D eigenvalue weighted by Gasteiger charge is -2.18. The van der Waals surface area contributed by atoms with E-state index in [-0.39, 0.29) is 12.3 Å². The summed E-state index contributed by atoms with van der Waals surface area (Å²) in [6.45, 7) is 6.16. The van der Waals surface area contributed by atoms with Gasteiger partial charge < -0.3 is 15.6 Å². The van der Waals surface area contributed by atoms with Crippen LogP contribution in [0.3, 0.4) is 0 Å². The van der Waals surface area contributed by atoms with E-state index in [1.807, 2.05) is 26.0 Å². The van der Waals surface area contributed by atoms with Crippen LogP contribution in [0.4, 0.5) is 5.00 Å². The smallest absolute Gasteiger partial charge is 0.251 e. The van der Waals surface area contributed by atoms with Gasteiger partial charge in [-0.1, -0.05) is 18.1 Å². The van der Waals surface area contributed by atoms with E-state index in [1.54, 1.807) is 0 Å². The fourth-order valence-electron chi connectivity index (χ4n) is 3.99. The van der Waals surface area contributed by atoms with Crippen molar-refractivity contribution in [3.8, 4) is 0 Å². The van der Waals surface area contributed by atoms with Crippen LogP contribution in [0, 0.1) is 19.8 Å². The molecule has 0 fully saturated rings. The van der Waals surface area contributed by atoms with Crippen molar-refractivity contribution in [1.29, 1.82) is 0 Å². The average Bonchev–Trinajstić information content (AvgIpc) is 3.15. The number of thiophene rings is 1. The third-order valence-electron chi connectivity index (χ3n) is 5.32. The molecule has 0 saturated carbocycles. The predicted molar refractivity (Wildman–Crippen MR) is 110 cm³/mol. The Morgan fingerprint density at radius 1 is 1.36 bits per heavy atom. The minimum Gasteiger partial charge on any atom is -0.365 e. The number of aryl methyl sites for hydroxylation is 2. The molecule has 3 N–H and O–H groups in total. The van der Waals surface area contributed by atoms with Crippen molar-refractivity contribution < 1.29 is 14.1 Å². The van der Waals surface area contributed by atoms with E-state index in [1.165, 1.54) is 11.3 Å². The molecule has 28 heavy (non-hydrogen) atoms. The van der Waals surface area contributed by atoms with Crippen LogP contribution in [-0.4, -0.2) is 17.0 Å². The highest BCUT2D eigenvalue weighted by atomic mass is 32.1. The first-order valence-corrected chi connectivity index (χ1v) is 10.2. The number of benzene rings is 1. The van der Waals surface area contributed by atoms with Crippen LogP contribution in [0.5, 0.6) is 0 Å². The number of rotatable bonds is 4. The van der Waals surface area contributed by atoms with Gasteiger partial charge in [0.05, 0.1) is 12.0 Å². The highest BCUT2D eigenvalue weighted by molar-refractivity contribution is 7.17. The summed E-state index contributed by atoms with van der Waals surface area (Å²) in [5.74, 6) is -0.146. The molecule has 1 aliphatic carbocycles. The molecule has 0 saturated heterocycles. The van der Waals surface area contributed by atoms with Gasteiger partial charge in [-0.05, 0) is 61.8 Å². The molecule has 1 unspecified atom stereocenters. The lowest BCUT2D eigenvalue weighted by Crippen LogP contribution is -2.20. The fraction of sp³-hybridized carbons (Fsp3) is 0.381. The first-order valence-electron chi connectivity index (χ1n) is 9.43. The predicted octanol–water partition coefficient (Wildman–Crippen LogP) is 3.91. The highest BCUT2D eigenvalue weighted by Crippen LogP contribution is 2.39. The number of fused-ring (bicyclic) bond motifs is 2. The molecule has 3 aromatic rings. The Kier molecular flexibility index (Phi) is 4.71. The third-order valence-corrected chi connectivity index (χ3v) is 6.49. The van der Waals surface area contributed by atoms with Crippen molar-refractivity contribution in [2.75, 3.05) is 5.32 Å².